The minimum Gasteiger partial charge on any atom is -0.381 e. The van der Waals surface area contributed by atoms with Gasteiger partial charge in [0.25, 0.3) is 5.91 Å². The lowest BCUT2D eigenvalue weighted by Gasteiger charge is -2.34. The molecule has 6 heterocycles. The monoisotopic (exact) mass is 887 g/mol. The molecule has 0 bridgehead atoms. The Morgan fingerprint density at radius 3 is 2.33 bits per heavy atom. The van der Waals surface area contributed by atoms with Crippen LogP contribution in [-0.2, 0) is 26.4 Å². The van der Waals surface area contributed by atoms with E-state index in [1.165, 1.54) is 14.7 Å². The number of nitrogens with one attached hydrogen (secondary N) is 1. The molecule has 1 saturated heterocycles. The van der Waals surface area contributed by atoms with Gasteiger partial charge in [0.2, 0.25) is 0 Å². The number of imidazole rings is 1. The lowest BCUT2D eigenvalue weighted by Crippen LogP contribution is -2.41. The van der Waals surface area contributed by atoms with Crippen LogP contribution in [0.5, 0.6) is 0 Å². The van der Waals surface area contributed by atoms with Gasteiger partial charge in [0.05, 0.1) is 32.8 Å². The van der Waals surface area contributed by atoms with E-state index in [1.807, 2.05) is 29.4 Å². The van der Waals surface area contributed by atoms with E-state index >= 15 is 9.18 Å². The number of aryl methyl sites for hydroxylation is 2. The zero-order chi connectivity index (χ0) is 44.8. The van der Waals surface area contributed by atoms with Gasteiger partial charge in [-0.05, 0) is 123 Å². The molecule has 1 aliphatic carbocycles. The van der Waals surface area contributed by atoms with Crippen LogP contribution in [0.2, 0.25) is 0 Å². The second kappa shape index (κ2) is 15.4. The number of halogens is 1. The molecule has 1 unspecified atom stereocenters. The molecular formula is C47H50FN9O6S. The van der Waals surface area contributed by atoms with Gasteiger partial charge in [-0.3, -0.25) is 23.4 Å². The van der Waals surface area contributed by atoms with Gasteiger partial charge < -0.3 is 14.2 Å². The van der Waals surface area contributed by atoms with E-state index in [0.717, 1.165) is 23.7 Å². The highest BCUT2D eigenvalue weighted by Gasteiger charge is 2.59. The number of hydrogen-bond donors (Lipinski definition) is 1. The summed E-state index contributed by atoms with van der Waals surface area (Å²) in [5.74, 6) is 0.289. The number of carbonyl (C=O) groups excluding carboxylic acids is 1. The zero-order valence-corrected chi connectivity index (χ0v) is 37.4. The molecule has 332 valence electrons. The van der Waals surface area contributed by atoms with Crippen LogP contribution in [0.1, 0.15) is 96.3 Å². The number of rotatable bonds is 9. The number of amides is 1. The highest BCUT2D eigenvalue weighted by atomic mass is 32.2. The van der Waals surface area contributed by atoms with Crippen molar-refractivity contribution in [3.05, 3.63) is 139 Å². The first-order chi connectivity index (χ1) is 30.8. The molecule has 4 atom stereocenters. The van der Waals surface area contributed by atoms with Crippen LogP contribution in [0.15, 0.2) is 96.4 Å². The Labute approximate surface area is 368 Å². The van der Waals surface area contributed by atoms with Crippen molar-refractivity contribution in [2.45, 2.75) is 82.7 Å². The summed E-state index contributed by atoms with van der Waals surface area (Å²) in [4.78, 5) is 47.7. The lowest BCUT2D eigenvalue weighted by atomic mass is 9.91. The number of benzene rings is 3. The number of ether oxygens (including phenoxy) is 1. The van der Waals surface area contributed by atoms with E-state index in [-0.39, 0.29) is 17.6 Å². The van der Waals surface area contributed by atoms with E-state index in [9.17, 15) is 13.8 Å². The topological polar surface area (TPSA) is 168 Å². The summed E-state index contributed by atoms with van der Waals surface area (Å²) in [6.45, 7) is 11.0. The molecule has 10 rings (SSSR count). The maximum atomic E-state index is 15.5. The predicted molar refractivity (Wildman–Crippen MR) is 239 cm³/mol. The van der Waals surface area contributed by atoms with E-state index in [2.05, 4.69) is 39.6 Å². The largest absolute Gasteiger partial charge is 0.438 e. The first-order valence-corrected chi connectivity index (χ1v) is 23.5. The van der Waals surface area contributed by atoms with Gasteiger partial charge in [-0.2, -0.15) is 5.10 Å². The van der Waals surface area contributed by atoms with E-state index in [0.29, 0.717) is 100 Å². The fraction of sp³-hybridized carbons (Fsp3) is 0.383. The summed E-state index contributed by atoms with van der Waals surface area (Å²) in [5, 5.41) is 10.2. The van der Waals surface area contributed by atoms with Crippen LogP contribution in [0.3, 0.4) is 0 Å². The molecule has 0 radical (unpaired) electrons. The maximum Gasteiger partial charge on any atom is 0.438 e. The molecule has 1 N–H and O–H groups in total. The standard InChI is InChI=1S/C47H50FN9O6S/c1-7-64(61,49-6)36-11-9-34(10-12-36)54-18-19-55(46(54)60)42-40-30(5)53(17-14-37(40)51-57(42)35-22-27(2)41(48)28(3)23-35)43(58)39-25-33-24-32(31-15-20-62-21-16-31)8-13-38(33)56(39)47(26-29(47)4)44-50-45(59)63-52-44/h8-13,18-19,22-25,29-31H,7,14-17,20-21,26H2,1-6H3,(H,50,52,59)/t29-,30-,47-,64?/m0/s1. The SMILES string of the molecule is CCS(=O)(=NC)c1ccc(-n2ccn(-c3c4c(nn3-c3cc(C)c(F)c(C)c3)CCN(C(=O)c3cc5cc(C6CCOCC6)ccc5n3[C@@]3(c5noc(=O)[nH]5)C[C@@H]3C)[C@H]4C)c2=O)cc1. The van der Waals surface area contributed by atoms with Crippen molar-refractivity contribution >= 4 is 26.5 Å². The number of aromatic nitrogens is 7. The van der Waals surface area contributed by atoms with Crippen molar-refractivity contribution in [1.29, 1.82) is 0 Å². The molecule has 1 amide bonds. The van der Waals surface area contributed by atoms with Crippen LogP contribution < -0.4 is 11.4 Å². The van der Waals surface area contributed by atoms with Crippen LogP contribution in [0.4, 0.5) is 4.39 Å². The number of fused-ring (bicyclic) bond motifs is 2. The smallest absolute Gasteiger partial charge is 0.381 e. The average Bonchev–Trinajstić information content (AvgIpc) is 3.80. The Morgan fingerprint density at radius 2 is 1.69 bits per heavy atom. The molecule has 2 fully saturated rings. The highest BCUT2D eigenvalue weighted by molar-refractivity contribution is 7.93. The van der Waals surface area contributed by atoms with Gasteiger partial charge in [-0.1, -0.05) is 25.1 Å². The van der Waals surface area contributed by atoms with Gasteiger partial charge in [0.15, 0.2) is 5.82 Å². The van der Waals surface area contributed by atoms with Crippen LogP contribution >= 0.6 is 0 Å². The number of aromatic amines is 1. The summed E-state index contributed by atoms with van der Waals surface area (Å²) in [6.07, 6.45) is 6.17. The minimum absolute atomic E-state index is 0.0212. The Kier molecular flexibility index (Phi) is 10.0. The normalized spacial score (nSPS) is 21.0. The third-order valence-electron chi connectivity index (χ3n) is 13.8. The van der Waals surface area contributed by atoms with E-state index < -0.39 is 32.8 Å². The van der Waals surface area contributed by atoms with Crippen LogP contribution in [0.25, 0.3) is 28.1 Å². The zero-order valence-electron chi connectivity index (χ0n) is 36.6. The van der Waals surface area contributed by atoms with Crippen LogP contribution in [0, 0.1) is 25.6 Å². The molecule has 2 aliphatic heterocycles. The molecule has 7 aromatic rings. The first-order valence-electron chi connectivity index (χ1n) is 21.8. The van der Waals surface area contributed by atoms with Gasteiger partial charge >= 0.3 is 11.4 Å². The fourth-order valence-electron chi connectivity index (χ4n) is 10.2. The number of hydrogen-bond acceptors (Lipinski definition) is 9. The third-order valence-corrected chi connectivity index (χ3v) is 16.2. The minimum atomic E-state index is -2.58. The molecule has 1 saturated carbocycles. The van der Waals surface area contributed by atoms with Crippen molar-refractivity contribution in [2.75, 3.05) is 32.6 Å². The summed E-state index contributed by atoms with van der Waals surface area (Å²) < 4.78 is 50.0. The van der Waals surface area contributed by atoms with Crippen molar-refractivity contribution in [3.63, 3.8) is 0 Å². The van der Waals surface area contributed by atoms with Gasteiger partial charge in [0, 0.05) is 72.7 Å². The first kappa shape index (κ1) is 41.7. The van der Waals surface area contributed by atoms with Crippen molar-refractivity contribution in [2.24, 2.45) is 10.3 Å². The molecule has 3 aliphatic rings. The summed E-state index contributed by atoms with van der Waals surface area (Å²) in [5.41, 5.74) is 4.62. The van der Waals surface area contributed by atoms with Crippen LogP contribution in [-0.4, -0.2) is 81.2 Å². The maximum absolute atomic E-state index is 15.5. The summed E-state index contributed by atoms with van der Waals surface area (Å²) in [7, 11) is -1.04. The molecule has 17 heteroatoms. The predicted octanol–water partition coefficient (Wildman–Crippen LogP) is 7.11. The lowest BCUT2D eigenvalue weighted by molar-refractivity contribution is 0.0663. The highest BCUT2D eigenvalue weighted by Crippen LogP contribution is 2.56. The number of H-pyrrole nitrogens is 1. The van der Waals surface area contributed by atoms with Gasteiger partial charge in [0.1, 0.15) is 22.9 Å². The molecule has 0 spiro atoms. The Morgan fingerprint density at radius 1 is 0.984 bits per heavy atom. The molecule has 3 aromatic carbocycles. The third kappa shape index (κ3) is 6.45. The average molecular weight is 888 g/mol. The quantitative estimate of drug-likeness (QED) is 0.160. The molecule has 64 heavy (non-hydrogen) atoms. The van der Waals surface area contributed by atoms with Crippen molar-refractivity contribution < 1.29 is 22.7 Å². The second-order valence-electron chi connectivity index (χ2n) is 17.4. The van der Waals surface area contributed by atoms with Gasteiger partial charge in [-0.25, -0.2) is 27.2 Å². The molecule has 15 nitrogen and oxygen atoms in total. The molecule has 4 aromatic heterocycles. The Balaban J connectivity index is 1.11. The summed E-state index contributed by atoms with van der Waals surface area (Å²) in [6, 6.07) is 18.1. The van der Waals surface area contributed by atoms with Crippen molar-refractivity contribution in [1.82, 2.24) is 38.5 Å². The Bertz CT molecular complexity index is 3230. The van der Waals surface area contributed by atoms with Crippen molar-refractivity contribution in [3.8, 4) is 17.2 Å². The second-order valence-corrected chi connectivity index (χ2v) is 20.1. The number of carbonyl (C=O) groups is 1. The Hall–Kier alpha value is -6.33. The van der Waals surface area contributed by atoms with E-state index in [4.69, 9.17) is 14.4 Å². The summed E-state index contributed by atoms with van der Waals surface area (Å²) >= 11 is 0. The van der Waals surface area contributed by atoms with E-state index in [1.54, 1.807) is 74.4 Å². The van der Waals surface area contributed by atoms with Gasteiger partial charge in [-0.15, -0.1) is 0 Å². The molecular weight excluding hydrogens is 838 g/mol. The number of nitrogens with zero attached hydrogens (tertiary/aromatic N) is 8. The fourth-order valence-corrected chi connectivity index (χ4v) is 11.5.